The van der Waals surface area contributed by atoms with Crippen molar-refractivity contribution in [2.75, 3.05) is 14.1 Å². The standard InChI is InChI=1S/C7H10N2O/c1-9(2)5-6-3-4-8-7(6)10/h3-5H,1-2H3,(H,8,10). The molecule has 0 radical (unpaired) electrons. The Bertz CT molecular complexity index is 204. The van der Waals surface area contributed by atoms with E-state index in [4.69, 9.17) is 0 Å². The van der Waals surface area contributed by atoms with Gasteiger partial charge in [-0.25, -0.2) is 0 Å². The molecule has 0 spiro atoms. The minimum atomic E-state index is -0.0336. The quantitative estimate of drug-likeness (QED) is 0.520. The van der Waals surface area contributed by atoms with Crippen LogP contribution in [0.4, 0.5) is 0 Å². The number of nitrogens with one attached hydrogen (secondary N) is 1. The monoisotopic (exact) mass is 138 g/mol. The second-order valence-corrected chi connectivity index (χ2v) is 2.35. The molecule has 1 amide bonds. The molecule has 0 aromatic carbocycles. The van der Waals surface area contributed by atoms with Crippen LogP contribution in [0, 0.1) is 0 Å². The molecular weight excluding hydrogens is 128 g/mol. The molecule has 1 N–H and O–H groups in total. The number of nitrogens with zero attached hydrogens (tertiary/aromatic N) is 1. The van der Waals surface area contributed by atoms with Crippen LogP contribution in [0.25, 0.3) is 0 Å². The van der Waals surface area contributed by atoms with Crippen LogP contribution in [0.5, 0.6) is 0 Å². The fourth-order valence-electron chi connectivity index (χ4n) is 0.746. The zero-order valence-corrected chi connectivity index (χ0v) is 6.09. The molecule has 0 aliphatic carbocycles. The van der Waals surface area contributed by atoms with E-state index in [1.54, 1.807) is 18.5 Å². The van der Waals surface area contributed by atoms with Gasteiger partial charge in [0.25, 0.3) is 5.91 Å². The van der Waals surface area contributed by atoms with Crippen molar-refractivity contribution in [3.05, 3.63) is 24.0 Å². The van der Waals surface area contributed by atoms with Crippen molar-refractivity contribution in [2.24, 2.45) is 0 Å². The summed E-state index contributed by atoms with van der Waals surface area (Å²) in [7, 11) is 3.76. The van der Waals surface area contributed by atoms with Gasteiger partial charge in [-0.05, 0) is 6.08 Å². The van der Waals surface area contributed by atoms with Gasteiger partial charge >= 0.3 is 0 Å². The number of carbonyl (C=O) groups is 1. The predicted molar refractivity (Wildman–Crippen MR) is 39.1 cm³/mol. The summed E-state index contributed by atoms with van der Waals surface area (Å²) in [6, 6.07) is 0. The second-order valence-electron chi connectivity index (χ2n) is 2.35. The normalized spacial score (nSPS) is 19.8. The molecule has 3 heteroatoms. The van der Waals surface area contributed by atoms with Gasteiger partial charge in [0.05, 0.1) is 5.57 Å². The maximum Gasteiger partial charge on any atom is 0.256 e. The molecule has 54 valence electrons. The zero-order chi connectivity index (χ0) is 7.56. The van der Waals surface area contributed by atoms with Gasteiger partial charge in [-0.3, -0.25) is 4.79 Å². The second kappa shape index (κ2) is 2.56. The van der Waals surface area contributed by atoms with Crippen LogP contribution in [0.15, 0.2) is 24.0 Å². The zero-order valence-electron chi connectivity index (χ0n) is 6.09. The Morgan fingerprint density at radius 2 is 2.30 bits per heavy atom. The lowest BCUT2D eigenvalue weighted by Gasteiger charge is -2.03. The van der Waals surface area contributed by atoms with Gasteiger partial charge in [-0.2, -0.15) is 0 Å². The van der Waals surface area contributed by atoms with Crippen LogP contribution >= 0.6 is 0 Å². The number of carbonyl (C=O) groups excluding carboxylic acids is 1. The highest BCUT2D eigenvalue weighted by molar-refractivity contribution is 5.99. The molecule has 10 heavy (non-hydrogen) atoms. The third kappa shape index (κ3) is 1.37. The van der Waals surface area contributed by atoms with Crippen LogP contribution in [-0.2, 0) is 4.79 Å². The van der Waals surface area contributed by atoms with E-state index in [9.17, 15) is 4.79 Å². The fraction of sp³-hybridized carbons (Fsp3) is 0.286. The van der Waals surface area contributed by atoms with Crippen LogP contribution < -0.4 is 5.32 Å². The molecule has 0 aromatic heterocycles. The molecule has 1 aliphatic rings. The maximum absolute atomic E-state index is 10.8. The molecule has 0 unspecified atom stereocenters. The van der Waals surface area contributed by atoms with Crippen molar-refractivity contribution in [1.29, 1.82) is 0 Å². The van der Waals surface area contributed by atoms with Gasteiger partial charge in [0.15, 0.2) is 0 Å². The van der Waals surface area contributed by atoms with Gasteiger partial charge < -0.3 is 10.2 Å². The van der Waals surface area contributed by atoms with E-state index >= 15 is 0 Å². The van der Waals surface area contributed by atoms with E-state index in [0.29, 0.717) is 5.57 Å². The highest BCUT2D eigenvalue weighted by Gasteiger charge is 2.09. The molecule has 0 atom stereocenters. The van der Waals surface area contributed by atoms with Crippen molar-refractivity contribution >= 4 is 5.91 Å². The van der Waals surface area contributed by atoms with Crippen molar-refractivity contribution in [1.82, 2.24) is 10.2 Å². The minimum absolute atomic E-state index is 0.0336. The van der Waals surface area contributed by atoms with Gasteiger partial charge in [-0.1, -0.05) is 0 Å². The van der Waals surface area contributed by atoms with Crippen molar-refractivity contribution < 1.29 is 4.79 Å². The first-order valence-corrected chi connectivity index (χ1v) is 3.06. The molecule has 0 bridgehead atoms. The van der Waals surface area contributed by atoms with E-state index < -0.39 is 0 Å². The largest absolute Gasteiger partial charge is 0.383 e. The fourth-order valence-corrected chi connectivity index (χ4v) is 0.746. The van der Waals surface area contributed by atoms with E-state index in [1.165, 1.54) is 0 Å². The first-order chi connectivity index (χ1) is 4.70. The molecule has 0 fully saturated rings. The molecule has 0 aromatic rings. The Balaban J connectivity index is 2.72. The molecule has 0 saturated carbocycles. The summed E-state index contributed by atoms with van der Waals surface area (Å²) in [5.41, 5.74) is 0.699. The summed E-state index contributed by atoms with van der Waals surface area (Å²) in [4.78, 5) is 12.7. The molecule has 3 nitrogen and oxygen atoms in total. The summed E-state index contributed by atoms with van der Waals surface area (Å²) in [5, 5.41) is 2.56. The van der Waals surface area contributed by atoms with Crippen molar-refractivity contribution in [3.63, 3.8) is 0 Å². The average molecular weight is 138 g/mol. The van der Waals surface area contributed by atoms with Gasteiger partial charge in [0, 0.05) is 26.5 Å². The van der Waals surface area contributed by atoms with Crippen molar-refractivity contribution in [3.8, 4) is 0 Å². The first kappa shape index (κ1) is 6.86. The third-order valence-electron chi connectivity index (χ3n) is 1.14. The third-order valence-corrected chi connectivity index (χ3v) is 1.14. The molecular formula is C7H10N2O. The van der Waals surface area contributed by atoms with Crippen LogP contribution in [-0.4, -0.2) is 24.9 Å². The summed E-state index contributed by atoms with van der Waals surface area (Å²) >= 11 is 0. The number of hydrogen-bond acceptors (Lipinski definition) is 2. The summed E-state index contributed by atoms with van der Waals surface area (Å²) in [5.74, 6) is -0.0336. The van der Waals surface area contributed by atoms with Crippen LogP contribution in [0.2, 0.25) is 0 Å². The Hall–Kier alpha value is -1.25. The molecule has 1 heterocycles. The average Bonchev–Trinajstić information content (AvgIpc) is 2.15. The highest BCUT2D eigenvalue weighted by atomic mass is 16.1. The Kier molecular flexibility index (Phi) is 1.76. The lowest BCUT2D eigenvalue weighted by atomic mass is 10.3. The van der Waals surface area contributed by atoms with E-state index in [1.807, 2.05) is 19.0 Å². The number of amides is 1. The van der Waals surface area contributed by atoms with Gasteiger partial charge in [0.2, 0.25) is 0 Å². The summed E-state index contributed by atoms with van der Waals surface area (Å²) in [6.45, 7) is 0. The minimum Gasteiger partial charge on any atom is -0.383 e. The molecule has 0 saturated heterocycles. The smallest absolute Gasteiger partial charge is 0.256 e. The Labute approximate surface area is 60.0 Å². The number of hydrogen-bond donors (Lipinski definition) is 1. The first-order valence-electron chi connectivity index (χ1n) is 3.06. The Morgan fingerprint density at radius 1 is 1.60 bits per heavy atom. The predicted octanol–water partition coefficient (Wildman–Crippen LogP) is 0.0754. The van der Waals surface area contributed by atoms with Crippen LogP contribution in [0.3, 0.4) is 0 Å². The number of rotatable bonds is 1. The lowest BCUT2D eigenvalue weighted by molar-refractivity contribution is -0.115. The van der Waals surface area contributed by atoms with Gasteiger partial charge in [0.1, 0.15) is 0 Å². The highest BCUT2D eigenvalue weighted by Crippen LogP contribution is 2.02. The topological polar surface area (TPSA) is 32.3 Å². The molecule has 1 aliphatic heterocycles. The van der Waals surface area contributed by atoms with E-state index in [0.717, 1.165) is 0 Å². The SMILES string of the molecule is CN(C)C=C1C=CNC1=O. The van der Waals surface area contributed by atoms with E-state index in [2.05, 4.69) is 5.32 Å². The maximum atomic E-state index is 10.8. The Morgan fingerprint density at radius 3 is 2.70 bits per heavy atom. The summed E-state index contributed by atoms with van der Waals surface area (Å²) < 4.78 is 0. The van der Waals surface area contributed by atoms with Crippen molar-refractivity contribution in [2.45, 2.75) is 0 Å². The lowest BCUT2D eigenvalue weighted by Crippen LogP contribution is -2.14. The van der Waals surface area contributed by atoms with Crippen LogP contribution in [0.1, 0.15) is 0 Å². The van der Waals surface area contributed by atoms with Gasteiger partial charge in [-0.15, -0.1) is 0 Å². The molecule has 1 rings (SSSR count). The van der Waals surface area contributed by atoms with E-state index in [-0.39, 0.29) is 5.91 Å². The summed E-state index contributed by atoms with van der Waals surface area (Å²) in [6.07, 6.45) is 5.17.